The molecule has 1 aromatic heterocycles. The van der Waals surface area contributed by atoms with E-state index in [1.54, 1.807) is 14.0 Å². The van der Waals surface area contributed by atoms with Crippen LogP contribution < -0.4 is 5.32 Å². The number of hydrogen-bond acceptors (Lipinski definition) is 6. The van der Waals surface area contributed by atoms with E-state index in [4.69, 9.17) is 0 Å². The highest BCUT2D eigenvalue weighted by Crippen LogP contribution is 2.19. The molecule has 0 fully saturated rings. The average Bonchev–Trinajstić information content (AvgIpc) is 2.68. The van der Waals surface area contributed by atoms with Crippen LogP contribution in [0.25, 0.3) is 0 Å². The molecule has 0 spiro atoms. The number of aromatic amines is 1. The number of aromatic nitrogens is 2. The van der Waals surface area contributed by atoms with Gasteiger partial charge in [0.2, 0.25) is 0 Å². The van der Waals surface area contributed by atoms with Gasteiger partial charge < -0.3 is 5.32 Å². The van der Waals surface area contributed by atoms with E-state index in [0.29, 0.717) is 17.8 Å². The van der Waals surface area contributed by atoms with Crippen molar-refractivity contribution in [3.8, 4) is 0 Å². The highest BCUT2D eigenvalue weighted by atomic mass is 32.2. The first-order chi connectivity index (χ1) is 9.09. The van der Waals surface area contributed by atoms with Crippen LogP contribution in [0.2, 0.25) is 0 Å². The zero-order chi connectivity index (χ0) is 15.6. The standard InChI is InChI=1S/C10H20N4O4S2/c1-8-9(7-11-2)10(13-12-8)20(17,18)14(3)5-6-19(4,15)16/h11H,5-7H2,1-4H3,(H,12,13). The predicted octanol–water partition coefficient (Wildman–Crippen LogP) is -0.897. The van der Waals surface area contributed by atoms with Gasteiger partial charge in [0.05, 0.1) is 5.75 Å². The topological polar surface area (TPSA) is 112 Å². The molecule has 0 aromatic carbocycles. The summed E-state index contributed by atoms with van der Waals surface area (Å²) in [6.45, 7) is 1.98. The lowest BCUT2D eigenvalue weighted by Crippen LogP contribution is -2.32. The molecule has 0 amide bonds. The van der Waals surface area contributed by atoms with Gasteiger partial charge in [0.15, 0.2) is 5.03 Å². The Bertz CT molecular complexity index is 663. The number of hydrogen-bond donors (Lipinski definition) is 2. The number of nitrogens with zero attached hydrogens (tertiary/aromatic N) is 2. The summed E-state index contributed by atoms with van der Waals surface area (Å²) in [5.41, 5.74) is 1.22. The van der Waals surface area contributed by atoms with Crippen molar-refractivity contribution in [3.63, 3.8) is 0 Å². The molecule has 1 heterocycles. The maximum absolute atomic E-state index is 12.4. The number of nitrogens with one attached hydrogen (secondary N) is 2. The van der Waals surface area contributed by atoms with Gasteiger partial charge in [-0.3, -0.25) is 5.10 Å². The third-order valence-corrected chi connectivity index (χ3v) is 5.57. The van der Waals surface area contributed by atoms with E-state index in [-0.39, 0.29) is 17.3 Å². The third-order valence-electron chi connectivity index (χ3n) is 2.82. The molecule has 0 aliphatic heterocycles. The van der Waals surface area contributed by atoms with Gasteiger partial charge in [0, 0.05) is 37.7 Å². The third kappa shape index (κ3) is 4.01. The second kappa shape index (κ2) is 6.20. The van der Waals surface area contributed by atoms with Crippen LogP contribution in [0.1, 0.15) is 11.3 Å². The molecular weight excluding hydrogens is 304 g/mol. The Hall–Kier alpha value is -0.970. The lowest BCUT2D eigenvalue weighted by molar-refractivity contribution is 0.480. The van der Waals surface area contributed by atoms with Gasteiger partial charge in [-0.15, -0.1) is 0 Å². The van der Waals surface area contributed by atoms with Crippen LogP contribution >= 0.6 is 0 Å². The minimum absolute atomic E-state index is 0.0691. The summed E-state index contributed by atoms with van der Waals surface area (Å²) in [5, 5.41) is 9.28. The van der Waals surface area contributed by atoms with Crippen LogP contribution in [0.5, 0.6) is 0 Å². The van der Waals surface area contributed by atoms with E-state index in [9.17, 15) is 16.8 Å². The molecule has 0 aliphatic rings. The highest BCUT2D eigenvalue weighted by Gasteiger charge is 2.28. The molecule has 8 nitrogen and oxygen atoms in total. The molecule has 0 saturated carbocycles. The quantitative estimate of drug-likeness (QED) is 0.672. The van der Waals surface area contributed by atoms with Crippen molar-refractivity contribution in [1.82, 2.24) is 19.8 Å². The van der Waals surface area contributed by atoms with Crippen LogP contribution in [-0.4, -0.2) is 64.0 Å². The second-order valence-corrected chi connectivity index (χ2v) is 8.84. The summed E-state index contributed by atoms with van der Waals surface area (Å²) < 4.78 is 48.0. The molecule has 116 valence electrons. The van der Waals surface area contributed by atoms with E-state index >= 15 is 0 Å². The zero-order valence-electron chi connectivity index (χ0n) is 12.0. The Balaban J connectivity index is 3.04. The maximum atomic E-state index is 12.4. The smallest absolute Gasteiger partial charge is 0.262 e. The fourth-order valence-electron chi connectivity index (χ4n) is 1.59. The van der Waals surface area contributed by atoms with Crippen LogP contribution in [0, 0.1) is 6.92 Å². The molecule has 10 heteroatoms. The molecule has 0 bridgehead atoms. The monoisotopic (exact) mass is 324 g/mol. The van der Waals surface area contributed by atoms with Gasteiger partial charge in [0.25, 0.3) is 10.0 Å². The van der Waals surface area contributed by atoms with Crippen LogP contribution in [-0.2, 0) is 26.4 Å². The second-order valence-electron chi connectivity index (χ2n) is 4.62. The number of H-pyrrole nitrogens is 1. The molecule has 0 atom stereocenters. The van der Waals surface area contributed by atoms with Crippen molar-refractivity contribution in [2.75, 3.05) is 32.6 Å². The molecule has 0 aliphatic carbocycles. The summed E-state index contributed by atoms with van der Waals surface area (Å²) in [5.74, 6) is -0.229. The summed E-state index contributed by atoms with van der Waals surface area (Å²) >= 11 is 0. The summed E-state index contributed by atoms with van der Waals surface area (Å²) in [7, 11) is -3.98. The van der Waals surface area contributed by atoms with Crippen molar-refractivity contribution in [3.05, 3.63) is 11.3 Å². The number of aryl methyl sites for hydroxylation is 1. The van der Waals surface area contributed by atoms with E-state index in [1.807, 2.05) is 0 Å². The average molecular weight is 324 g/mol. The van der Waals surface area contributed by atoms with Gasteiger partial charge in [-0.05, 0) is 14.0 Å². The first-order valence-corrected chi connectivity index (χ1v) is 9.42. The van der Waals surface area contributed by atoms with Gasteiger partial charge in [0.1, 0.15) is 9.84 Å². The van der Waals surface area contributed by atoms with E-state index in [1.165, 1.54) is 7.05 Å². The lowest BCUT2D eigenvalue weighted by Gasteiger charge is -2.16. The first kappa shape index (κ1) is 17.1. The normalized spacial score (nSPS) is 13.1. The first-order valence-electron chi connectivity index (χ1n) is 5.92. The Morgan fingerprint density at radius 1 is 1.30 bits per heavy atom. The van der Waals surface area contributed by atoms with Crippen LogP contribution in [0.4, 0.5) is 0 Å². The van der Waals surface area contributed by atoms with Crippen LogP contribution in [0.15, 0.2) is 5.03 Å². The zero-order valence-corrected chi connectivity index (χ0v) is 13.6. The van der Waals surface area contributed by atoms with Crippen molar-refractivity contribution in [2.45, 2.75) is 18.5 Å². The summed E-state index contributed by atoms with van der Waals surface area (Å²) in [6, 6.07) is 0. The molecular formula is C10H20N4O4S2. The number of sulfone groups is 1. The largest absolute Gasteiger partial charge is 0.316 e. The van der Waals surface area contributed by atoms with Crippen LogP contribution in [0.3, 0.4) is 0 Å². The minimum atomic E-state index is -3.81. The molecule has 0 radical (unpaired) electrons. The Kier molecular flexibility index (Phi) is 5.30. The van der Waals surface area contributed by atoms with Gasteiger partial charge >= 0.3 is 0 Å². The molecule has 20 heavy (non-hydrogen) atoms. The molecule has 0 unspecified atom stereocenters. The molecule has 0 saturated heterocycles. The molecule has 2 N–H and O–H groups in total. The lowest BCUT2D eigenvalue weighted by atomic mass is 10.3. The Morgan fingerprint density at radius 2 is 1.90 bits per heavy atom. The SMILES string of the molecule is CNCc1c(S(=O)(=O)N(C)CCS(C)(=O)=O)n[nH]c1C. The van der Waals surface area contributed by atoms with Gasteiger partial charge in [-0.2, -0.15) is 9.40 Å². The molecule has 1 rings (SSSR count). The van der Waals surface area contributed by atoms with Gasteiger partial charge in [-0.25, -0.2) is 16.8 Å². The Morgan fingerprint density at radius 3 is 2.40 bits per heavy atom. The number of rotatable bonds is 7. The van der Waals surface area contributed by atoms with E-state index < -0.39 is 19.9 Å². The fraction of sp³-hybridized carbons (Fsp3) is 0.700. The minimum Gasteiger partial charge on any atom is -0.316 e. The molecule has 1 aromatic rings. The Labute approximate surface area is 119 Å². The van der Waals surface area contributed by atoms with Crippen molar-refractivity contribution in [2.24, 2.45) is 0 Å². The van der Waals surface area contributed by atoms with Crippen molar-refractivity contribution in [1.29, 1.82) is 0 Å². The fourth-order valence-corrected chi connectivity index (χ4v) is 3.64. The van der Waals surface area contributed by atoms with E-state index in [2.05, 4.69) is 15.5 Å². The highest BCUT2D eigenvalue weighted by molar-refractivity contribution is 7.91. The van der Waals surface area contributed by atoms with Crippen molar-refractivity contribution >= 4 is 19.9 Å². The number of sulfonamides is 1. The van der Waals surface area contributed by atoms with Crippen molar-refractivity contribution < 1.29 is 16.8 Å². The summed E-state index contributed by atoms with van der Waals surface area (Å²) in [4.78, 5) is 0. The van der Waals surface area contributed by atoms with Gasteiger partial charge in [-0.1, -0.05) is 0 Å². The predicted molar refractivity (Wildman–Crippen MR) is 75.6 cm³/mol. The summed E-state index contributed by atoms with van der Waals surface area (Å²) in [6.07, 6.45) is 1.07. The van der Waals surface area contributed by atoms with E-state index in [0.717, 1.165) is 10.6 Å². The maximum Gasteiger partial charge on any atom is 0.262 e.